The van der Waals surface area contributed by atoms with Gasteiger partial charge in [0, 0.05) is 63.8 Å². The second kappa shape index (κ2) is 15.4. The Balaban J connectivity index is 0.000000188. The van der Waals surface area contributed by atoms with E-state index in [0.29, 0.717) is 48.2 Å². The summed E-state index contributed by atoms with van der Waals surface area (Å²) in [5.74, 6) is 1.91. The maximum absolute atomic E-state index is 11.2. The van der Waals surface area contributed by atoms with E-state index in [0.717, 1.165) is 36.4 Å². The van der Waals surface area contributed by atoms with Crippen molar-refractivity contribution in [1.82, 2.24) is 59.1 Å². The van der Waals surface area contributed by atoms with Gasteiger partial charge in [-0.1, -0.05) is 0 Å². The van der Waals surface area contributed by atoms with Gasteiger partial charge in [-0.25, -0.2) is 19.9 Å². The van der Waals surface area contributed by atoms with Crippen molar-refractivity contribution in [2.24, 2.45) is 0 Å². The third-order valence-corrected chi connectivity index (χ3v) is 7.07. The number of nitrogens with one attached hydrogen (secondary N) is 2. The summed E-state index contributed by atoms with van der Waals surface area (Å²) < 4.78 is 7.24. The van der Waals surface area contributed by atoms with Crippen molar-refractivity contribution >= 4 is 34.4 Å². The standard InChI is InChI=1S/C15H18N8O2.C15H20N8/c1-3-21-9-11(6-17-21)5-14-16-8-13(23(24)25)15(20-14)19-12-7-18-22(4-2)10-12;1-3-22-9-11(6-18-22)5-14-17-8-13(16)15(21-14)20-12-7-19-23(4-2)10-12/h6-10H,3-5H2,1-2H3,(H,16,19,20);6-10H,3-5,16H2,1-2H3,(H,17,20,21). The van der Waals surface area contributed by atoms with E-state index in [1.165, 1.54) is 6.20 Å². The van der Waals surface area contributed by atoms with Gasteiger partial charge in [0.15, 0.2) is 5.82 Å². The average Bonchev–Trinajstić information content (AvgIpc) is 3.91. The Morgan fingerprint density at radius 3 is 1.54 bits per heavy atom. The molecule has 250 valence electrons. The smallest absolute Gasteiger partial charge is 0.329 e. The molecule has 18 heteroatoms. The quantitative estimate of drug-likeness (QED) is 0.119. The number of aryl methyl sites for hydroxylation is 4. The molecule has 0 unspecified atom stereocenters. The SMILES string of the molecule is CCn1cc(Cc2ncc(N)c(Nc3cnn(CC)c3)n2)cn1.CCn1cc(Cc2ncc([N+](=O)[O-])c(Nc3cnn(CC)c3)n2)cn1. The average molecular weight is 655 g/mol. The lowest BCUT2D eigenvalue weighted by atomic mass is 10.2. The molecule has 48 heavy (non-hydrogen) atoms. The van der Waals surface area contributed by atoms with Gasteiger partial charge in [-0.05, 0) is 38.8 Å². The van der Waals surface area contributed by atoms with Crippen molar-refractivity contribution in [3.63, 3.8) is 0 Å². The summed E-state index contributed by atoms with van der Waals surface area (Å²) in [5, 5.41) is 34.2. The number of hydrogen-bond donors (Lipinski definition) is 3. The number of hydrogen-bond acceptors (Lipinski definition) is 13. The first-order valence-corrected chi connectivity index (χ1v) is 15.5. The molecule has 4 N–H and O–H groups in total. The van der Waals surface area contributed by atoms with Crippen molar-refractivity contribution in [2.75, 3.05) is 16.4 Å². The molecule has 0 spiro atoms. The minimum Gasteiger partial charge on any atom is -0.394 e. The van der Waals surface area contributed by atoms with Crippen molar-refractivity contribution in [2.45, 2.75) is 66.7 Å². The molecule has 0 saturated carbocycles. The fourth-order valence-corrected chi connectivity index (χ4v) is 4.52. The lowest BCUT2D eigenvalue weighted by Gasteiger charge is -2.07. The van der Waals surface area contributed by atoms with Crippen molar-refractivity contribution in [3.8, 4) is 0 Å². The normalized spacial score (nSPS) is 10.8. The van der Waals surface area contributed by atoms with Crippen LogP contribution in [0.25, 0.3) is 0 Å². The molecule has 6 aromatic heterocycles. The number of nitrogens with zero attached hydrogens (tertiary/aromatic N) is 13. The highest BCUT2D eigenvalue weighted by molar-refractivity contribution is 5.67. The van der Waals surface area contributed by atoms with E-state index in [1.54, 1.807) is 40.3 Å². The zero-order valence-electron chi connectivity index (χ0n) is 27.2. The summed E-state index contributed by atoms with van der Waals surface area (Å²) in [6, 6.07) is 0. The van der Waals surface area contributed by atoms with Gasteiger partial charge < -0.3 is 16.4 Å². The van der Waals surface area contributed by atoms with E-state index in [1.807, 2.05) is 54.9 Å². The van der Waals surface area contributed by atoms with E-state index in [-0.39, 0.29) is 11.5 Å². The Bertz CT molecular complexity index is 1960. The molecule has 6 rings (SSSR count). The van der Waals surface area contributed by atoms with Gasteiger partial charge in [-0.3, -0.25) is 28.8 Å². The Hall–Kier alpha value is -6.20. The summed E-state index contributed by atoms with van der Waals surface area (Å²) in [6.07, 6.45) is 18.4. The number of rotatable bonds is 13. The minimum absolute atomic E-state index is 0.147. The highest BCUT2D eigenvalue weighted by atomic mass is 16.6. The second-order valence-electron chi connectivity index (χ2n) is 10.5. The van der Waals surface area contributed by atoms with Gasteiger partial charge in [0.2, 0.25) is 5.82 Å². The maximum atomic E-state index is 11.2. The van der Waals surface area contributed by atoms with Gasteiger partial charge in [0.25, 0.3) is 0 Å². The van der Waals surface area contributed by atoms with Crippen molar-refractivity contribution in [3.05, 3.63) is 94.9 Å². The predicted octanol–water partition coefficient (Wildman–Crippen LogP) is 3.98. The lowest BCUT2D eigenvalue weighted by molar-refractivity contribution is -0.384. The zero-order chi connectivity index (χ0) is 34.0. The number of nitro groups is 1. The highest BCUT2D eigenvalue weighted by Gasteiger charge is 2.18. The van der Waals surface area contributed by atoms with Crippen LogP contribution in [0.15, 0.2) is 62.0 Å². The van der Waals surface area contributed by atoms with E-state index in [2.05, 4.69) is 57.9 Å². The monoisotopic (exact) mass is 654 g/mol. The van der Waals surface area contributed by atoms with Crippen molar-refractivity contribution in [1.29, 1.82) is 0 Å². The Morgan fingerprint density at radius 2 is 1.08 bits per heavy atom. The van der Waals surface area contributed by atoms with Crippen LogP contribution in [0.4, 0.5) is 34.4 Å². The summed E-state index contributed by atoms with van der Waals surface area (Å²) in [4.78, 5) is 28.0. The van der Waals surface area contributed by atoms with Crippen LogP contribution in [0.3, 0.4) is 0 Å². The van der Waals surface area contributed by atoms with E-state index >= 15 is 0 Å². The Labute approximate surface area is 276 Å². The number of anilines is 5. The molecule has 0 aliphatic rings. The molecule has 0 aromatic carbocycles. The topological polar surface area (TPSA) is 216 Å². The molecule has 0 atom stereocenters. The third kappa shape index (κ3) is 8.53. The number of nitrogen functional groups attached to an aromatic ring is 1. The molecule has 18 nitrogen and oxygen atoms in total. The Morgan fingerprint density at radius 1 is 0.646 bits per heavy atom. The highest BCUT2D eigenvalue weighted by Crippen LogP contribution is 2.25. The first-order chi connectivity index (χ1) is 23.3. The van der Waals surface area contributed by atoms with Gasteiger partial charge in [0.1, 0.15) is 17.8 Å². The molecule has 0 aliphatic heterocycles. The Kier molecular flexibility index (Phi) is 10.6. The second-order valence-corrected chi connectivity index (χ2v) is 10.5. The van der Waals surface area contributed by atoms with Gasteiger partial charge in [0.05, 0.1) is 53.0 Å². The van der Waals surface area contributed by atoms with Crippen LogP contribution in [0.5, 0.6) is 0 Å². The predicted molar refractivity (Wildman–Crippen MR) is 179 cm³/mol. The molecule has 0 fully saturated rings. The van der Waals surface area contributed by atoms with Crippen LogP contribution in [-0.4, -0.2) is 64.0 Å². The zero-order valence-corrected chi connectivity index (χ0v) is 27.2. The van der Waals surface area contributed by atoms with Gasteiger partial charge >= 0.3 is 5.69 Å². The summed E-state index contributed by atoms with van der Waals surface area (Å²) in [5.41, 5.74) is 9.78. The maximum Gasteiger partial charge on any atom is 0.329 e. The number of aromatic nitrogens is 12. The molecule has 0 radical (unpaired) electrons. The number of nitrogens with two attached hydrogens (primary N) is 1. The summed E-state index contributed by atoms with van der Waals surface area (Å²) in [6.45, 7) is 11.2. The summed E-state index contributed by atoms with van der Waals surface area (Å²) >= 11 is 0. The molecule has 0 amide bonds. The lowest BCUT2D eigenvalue weighted by Crippen LogP contribution is -2.04. The molecule has 0 saturated heterocycles. The first kappa shape index (κ1) is 33.2. The van der Waals surface area contributed by atoms with Crippen LogP contribution in [0.1, 0.15) is 50.5 Å². The van der Waals surface area contributed by atoms with Crippen LogP contribution < -0.4 is 16.4 Å². The van der Waals surface area contributed by atoms with Crippen molar-refractivity contribution < 1.29 is 4.92 Å². The van der Waals surface area contributed by atoms with Crippen LogP contribution >= 0.6 is 0 Å². The first-order valence-electron chi connectivity index (χ1n) is 15.5. The molecule has 6 heterocycles. The minimum atomic E-state index is -0.508. The third-order valence-electron chi connectivity index (χ3n) is 7.07. The van der Waals surface area contributed by atoms with Crippen LogP contribution in [-0.2, 0) is 39.0 Å². The van der Waals surface area contributed by atoms with Gasteiger partial charge in [-0.15, -0.1) is 0 Å². The molecule has 6 aromatic rings. The fraction of sp³-hybridized carbons (Fsp3) is 0.333. The largest absolute Gasteiger partial charge is 0.394 e. The van der Waals surface area contributed by atoms with E-state index < -0.39 is 4.92 Å². The van der Waals surface area contributed by atoms with Gasteiger partial charge in [-0.2, -0.15) is 20.4 Å². The molecule has 0 aliphatic carbocycles. The van der Waals surface area contributed by atoms with Crippen LogP contribution in [0.2, 0.25) is 0 Å². The van der Waals surface area contributed by atoms with E-state index in [9.17, 15) is 10.1 Å². The van der Waals surface area contributed by atoms with E-state index in [4.69, 9.17) is 5.73 Å². The molecule has 0 bridgehead atoms. The summed E-state index contributed by atoms with van der Waals surface area (Å²) in [7, 11) is 0. The van der Waals surface area contributed by atoms with Crippen LogP contribution in [0, 0.1) is 10.1 Å². The molecular weight excluding hydrogens is 616 g/mol. The fourth-order valence-electron chi connectivity index (χ4n) is 4.52. The molecular formula is C30H38N16O2.